The molecule has 1 aliphatic rings. The van der Waals surface area contributed by atoms with Crippen LogP contribution in [0.25, 0.3) is 0 Å². The molecule has 1 atom stereocenters. The molecule has 0 saturated heterocycles. The summed E-state index contributed by atoms with van der Waals surface area (Å²) in [5, 5.41) is 8.72. The van der Waals surface area contributed by atoms with Gasteiger partial charge in [-0.05, 0) is 31.1 Å². The maximum atomic E-state index is 8.72. The van der Waals surface area contributed by atoms with Crippen molar-refractivity contribution in [1.29, 1.82) is 0 Å². The Bertz CT molecular complexity index is 116. The minimum Gasteiger partial charge on any atom is -0.396 e. The number of rotatable bonds is 5. The van der Waals surface area contributed by atoms with Crippen molar-refractivity contribution in [1.82, 2.24) is 0 Å². The molecule has 1 rings (SSSR count). The summed E-state index contributed by atoms with van der Waals surface area (Å²) in [5.41, 5.74) is 0. The molecule has 78 valence electrons. The van der Waals surface area contributed by atoms with Crippen molar-refractivity contribution in [3.05, 3.63) is 0 Å². The second kappa shape index (κ2) is 6.42. The molecule has 1 unspecified atom stereocenters. The largest absolute Gasteiger partial charge is 0.396 e. The van der Waals surface area contributed by atoms with Crippen molar-refractivity contribution in [3.8, 4) is 0 Å². The molecule has 1 fully saturated rings. The highest BCUT2D eigenvalue weighted by Crippen LogP contribution is 2.30. The summed E-state index contributed by atoms with van der Waals surface area (Å²) in [6.07, 6.45) is 10.9. The Morgan fingerprint density at radius 2 is 1.92 bits per heavy atom. The highest BCUT2D eigenvalue weighted by Gasteiger charge is 2.15. The minimum absolute atomic E-state index is 0.370. The summed E-state index contributed by atoms with van der Waals surface area (Å²) in [7, 11) is 0. The highest BCUT2D eigenvalue weighted by atomic mass is 16.2. The molecule has 0 aliphatic heterocycles. The van der Waals surface area contributed by atoms with E-state index in [9.17, 15) is 0 Å². The normalized spacial score (nSPS) is 21.7. The molecule has 0 bridgehead atoms. The standard InChI is InChI=1S/C12H24O/c1-11(6-5-9-13)10-12-7-3-2-4-8-12/h11-13H,2-10H2,1H3. The molecule has 1 aliphatic carbocycles. The molecule has 0 heterocycles. The van der Waals surface area contributed by atoms with Gasteiger partial charge in [0.25, 0.3) is 0 Å². The van der Waals surface area contributed by atoms with Gasteiger partial charge in [-0.25, -0.2) is 0 Å². The molecule has 1 N–H and O–H groups in total. The lowest BCUT2D eigenvalue weighted by atomic mass is 9.82. The number of aliphatic hydroxyl groups is 1. The second-order valence-electron chi connectivity index (χ2n) is 4.71. The Hall–Kier alpha value is -0.0400. The zero-order chi connectivity index (χ0) is 9.52. The van der Waals surface area contributed by atoms with Gasteiger partial charge in [-0.2, -0.15) is 0 Å². The summed E-state index contributed by atoms with van der Waals surface area (Å²) >= 11 is 0. The molecule has 0 aromatic rings. The Labute approximate surface area is 82.5 Å². The van der Waals surface area contributed by atoms with Crippen molar-refractivity contribution < 1.29 is 5.11 Å². The van der Waals surface area contributed by atoms with Gasteiger partial charge in [0.15, 0.2) is 0 Å². The molecule has 0 aromatic heterocycles. The lowest BCUT2D eigenvalue weighted by Crippen LogP contribution is -2.10. The summed E-state index contributed by atoms with van der Waals surface area (Å²) in [5.74, 6) is 1.83. The van der Waals surface area contributed by atoms with E-state index >= 15 is 0 Å². The fraction of sp³-hybridized carbons (Fsp3) is 1.00. The number of hydrogen-bond acceptors (Lipinski definition) is 1. The van der Waals surface area contributed by atoms with Gasteiger partial charge in [0.1, 0.15) is 0 Å². The van der Waals surface area contributed by atoms with Crippen molar-refractivity contribution >= 4 is 0 Å². The van der Waals surface area contributed by atoms with E-state index in [-0.39, 0.29) is 0 Å². The average Bonchev–Trinajstić information content (AvgIpc) is 2.16. The van der Waals surface area contributed by atoms with E-state index in [1.54, 1.807) is 0 Å². The molecule has 1 saturated carbocycles. The summed E-state index contributed by atoms with van der Waals surface area (Å²) in [6, 6.07) is 0. The number of aliphatic hydroxyl groups excluding tert-OH is 1. The highest BCUT2D eigenvalue weighted by molar-refractivity contribution is 4.68. The van der Waals surface area contributed by atoms with Crippen LogP contribution in [0.2, 0.25) is 0 Å². The van der Waals surface area contributed by atoms with Crippen molar-refractivity contribution in [2.45, 2.75) is 58.3 Å². The van der Waals surface area contributed by atoms with Gasteiger partial charge in [0, 0.05) is 6.61 Å². The molecule has 13 heavy (non-hydrogen) atoms. The zero-order valence-corrected chi connectivity index (χ0v) is 8.97. The van der Waals surface area contributed by atoms with Crippen LogP contribution in [0.3, 0.4) is 0 Å². The van der Waals surface area contributed by atoms with E-state index in [1.165, 1.54) is 44.9 Å². The van der Waals surface area contributed by atoms with Crippen molar-refractivity contribution in [2.75, 3.05) is 6.61 Å². The Morgan fingerprint density at radius 3 is 2.54 bits per heavy atom. The molecule has 1 nitrogen and oxygen atoms in total. The van der Waals surface area contributed by atoms with Gasteiger partial charge in [-0.1, -0.05) is 39.0 Å². The van der Waals surface area contributed by atoms with Crippen LogP contribution in [-0.2, 0) is 0 Å². The molecular formula is C12H24O. The van der Waals surface area contributed by atoms with E-state index in [2.05, 4.69) is 6.92 Å². The van der Waals surface area contributed by atoms with Crippen LogP contribution < -0.4 is 0 Å². The van der Waals surface area contributed by atoms with Gasteiger partial charge in [-0.3, -0.25) is 0 Å². The Balaban J connectivity index is 2.07. The maximum Gasteiger partial charge on any atom is 0.0431 e. The third-order valence-corrected chi connectivity index (χ3v) is 3.32. The van der Waals surface area contributed by atoms with Gasteiger partial charge in [0.2, 0.25) is 0 Å². The third kappa shape index (κ3) is 4.66. The fourth-order valence-corrected chi connectivity index (χ4v) is 2.55. The first-order valence-corrected chi connectivity index (χ1v) is 5.93. The lowest BCUT2D eigenvalue weighted by Gasteiger charge is -2.24. The van der Waals surface area contributed by atoms with Crippen LogP contribution in [0, 0.1) is 11.8 Å². The predicted octanol–water partition coefficient (Wildman–Crippen LogP) is 3.37. The second-order valence-corrected chi connectivity index (χ2v) is 4.71. The van der Waals surface area contributed by atoms with Crippen molar-refractivity contribution in [3.63, 3.8) is 0 Å². The van der Waals surface area contributed by atoms with Crippen LogP contribution in [0.4, 0.5) is 0 Å². The molecule has 0 radical (unpaired) electrons. The topological polar surface area (TPSA) is 20.2 Å². The Kier molecular flexibility index (Phi) is 5.45. The van der Waals surface area contributed by atoms with Crippen LogP contribution in [0.5, 0.6) is 0 Å². The van der Waals surface area contributed by atoms with Gasteiger partial charge in [-0.15, -0.1) is 0 Å². The fourth-order valence-electron chi connectivity index (χ4n) is 2.55. The summed E-state index contributed by atoms with van der Waals surface area (Å²) in [6.45, 7) is 2.71. The van der Waals surface area contributed by atoms with Crippen LogP contribution in [-0.4, -0.2) is 11.7 Å². The van der Waals surface area contributed by atoms with E-state index in [1.807, 2.05) is 0 Å². The first-order valence-electron chi connectivity index (χ1n) is 5.93. The third-order valence-electron chi connectivity index (χ3n) is 3.32. The minimum atomic E-state index is 0.370. The molecule has 0 amide bonds. The van der Waals surface area contributed by atoms with E-state index in [0.717, 1.165) is 18.3 Å². The van der Waals surface area contributed by atoms with Gasteiger partial charge >= 0.3 is 0 Å². The summed E-state index contributed by atoms with van der Waals surface area (Å²) < 4.78 is 0. The molecule has 1 heteroatoms. The summed E-state index contributed by atoms with van der Waals surface area (Å²) in [4.78, 5) is 0. The van der Waals surface area contributed by atoms with Gasteiger partial charge in [0.05, 0.1) is 0 Å². The number of hydrogen-bond donors (Lipinski definition) is 1. The first-order chi connectivity index (χ1) is 6.33. The average molecular weight is 184 g/mol. The van der Waals surface area contributed by atoms with Crippen LogP contribution in [0.1, 0.15) is 58.3 Å². The molecule has 0 spiro atoms. The predicted molar refractivity (Wildman–Crippen MR) is 56.7 cm³/mol. The molecule has 0 aromatic carbocycles. The van der Waals surface area contributed by atoms with E-state index < -0.39 is 0 Å². The SMILES string of the molecule is CC(CCCO)CC1CCCCC1. The Morgan fingerprint density at radius 1 is 1.23 bits per heavy atom. The maximum absolute atomic E-state index is 8.72. The first kappa shape index (κ1) is 11.0. The lowest BCUT2D eigenvalue weighted by molar-refractivity contribution is 0.250. The smallest absolute Gasteiger partial charge is 0.0431 e. The quantitative estimate of drug-likeness (QED) is 0.694. The van der Waals surface area contributed by atoms with E-state index in [4.69, 9.17) is 5.11 Å². The van der Waals surface area contributed by atoms with Crippen LogP contribution >= 0.6 is 0 Å². The monoisotopic (exact) mass is 184 g/mol. The van der Waals surface area contributed by atoms with Crippen molar-refractivity contribution in [2.24, 2.45) is 11.8 Å². The van der Waals surface area contributed by atoms with Crippen LogP contribution in [0.15, 0.2) is 0 Å². The molecular weight excluding hydrogens is 160 g/mol. The van der Waals surface area contributed by atoms with Gasteiger partial charge < -0.3 is 5.11 Å². The zero-order valence-electron chi connectivity index (χ0n) is 8.97. The van der Waals surface area contributed by atoms with E-state index in [0.29, 0.717) is 6.61 Å².